The van der Waals surface area contributed by atoms with Crippen molar-refractivity contribution >= 4 is 30.7 Å². The summed E-state index contributed by atoms with van der Waals surface area (Å²) in [6, 6.07) is 9.81. The molecule has 1 aromatic carbocycles. The number of hydrogen-bond acceptors (Lipinski definition) is 4. The van der Waals surface area contributed by atoms with Gasteiger partial charge in [0.15, 0.2) is 0 Å². The summed E-state index contributed by atoms with van der Waals surface area (Å²) < 4.78 is 5.96. The molecule has 1 atom stereocenters. The fourth-order valence-electron chi connectivity index (χ4n) is 4.07. The molecule has 1 aliphatic carbocycles. The van der Waals surface area contributed by atoms with Crippen molar-refractivity contribution in [3.05, 3.63) is 53.2 Å². The second-order valence-corrected chi connectivity index (χ2v) is 7.89. The molecular formula is C22H29Cl2N3O2. The molecule has 29 heavy (non-hydrogen) atoms. The van der Waals surface area contributed by atoms with Crippen LogP contribution in [0, 0.1) is 25.2 Å². The first-order valence-corrected chi connectivity index (χ1v) is 9.75. The fourth-order valence-corrected chi connectivity index (χ4v) is 4.07. The van der Waals surface area contributed by atoms with Gasteiger partial charge >= 0.3 is 0 Å². The first-order valence-electron chi connectivity index (χ1n) is 9.75. The van der Waals surface area contributed by atoms with Crippen molar-refractivity contribution in [1.82, 2.24) is 15.6 Å². The predicted octanol–water partition coefficient (Wildman–Crippen LogP) is 4.34. The first kappa shape index (κ1) is 23.5. The minimum absolute atomic E-state index is 0. The number of ether oxygens (including phenoxy) is 1. The number of aromatic nitrogens is 1. The third-order valence-electron chi connectivity index (χ3n) is 6.14. The Morgan fingerprint density at radius 2 is 2.00 bits per heavy atom. The molecule has 2 heterocycles. The van der Waals surface area contributed by atoms with Gasteiger partial charge in [0.2, 0.25) is 11.8 Å². The molecule has 4 rings (SSSR count). The van der Waals surface area contributed by atoms with E-state index in [1.807, 2.05) is 31.2 Å². The predicted molar refractivity (Wildman–Crippen MR) is 119 cm³/mol. The van der Waals surface area contributed by atoms with E-state index in [0.29, 0.717) is 12.4 Å². The monoisotopic (exact) mass is 437 g/mol. The van der Waals surface area contributed by atoms with Gasteiger partial charge in [-0.05, 0) is 80.4 Å². The second-order valence-electron chi connectivity index (χ2n) is 7.89. The Labute approximate surface area is 184 Å². The van der Waals surface area contributed by atoms with E-state index >= 15 is 0 Å². The summed E-state index contributed by atoms with van der Waals surface area (Å²) >= 11 is 0. The topological polar surface area (TPSA) is 63.2 Å². The van der Waals surface area contributed by atoms with Gasteiger partial charge < -0.3 is 15.4 Å². The van der Waals surface area contributed by atoms with E-state index in [9.17, 15) is 4.79 Å². The van der Waals surface area contributed by atoms with Crippen LogP contribution in [-0.2, 0) is 11.3 Å². The van der Waals surface area contributed by atoms with Gasteiger partial charge in [0.25, 0.3) is 0 Å². The van der Waals surface area contributed by atoms with Gasteiger partial charge in [0.05, 0.1) is 0 Å². The minimum atomic E-state index is 0. The summed E-state index contributed by atoms with van der Waals surface area (Å²) in [5.74, 6) is 1.74. The standard InChI is InChI=1S/C22H27N3O2.2ClH/c1-15-4-3-5-19(16(15)2)27-20-12-17(6-9-24-20)14-25-21(26)18-13-22(18)7-10-23-11-8-22;;/h3-6,9,12,18,23H,7-8,10-11,13-14H2,1-2H3,(H,25,26);2*1H. The van der Waals surface area contributed by atoms with Crippen LogP contribution >= 0.6 is 24.8 Å². The average molecular weight is 438 g/mol. The Morgan fingerprint density at radius 1 is 1.24 bits per heavy atom. The Hall–Kier alpha value is -1.82. The van der Waals surface area contributed by atoms with E-state index in [0.717, 1.165) is 49.2 Å². The second kappa shape index (κ2) is 9.79. The van der Waals surface area contributed by atoms with E-state index in [4.69, 9.17) is 4.74 Å². The van der Waals surface area contributed by atoms with Gasteiger partial charge in [-0.15, -0.1) is 24.8 Å². The SMILES string of the molecule is Cc1cccc(Oc2cc(CNC(=O)C3CC34CCNCC4)ccn2)c1C.Cl.Cl. The number of aryl methyl sites for hydroxylation is 1. The summed E-state index contributed by atoms with van der Waals surface area (Å²) in [6.45, 7) is 6.69. The van der Waals surface area contributed by atoms with Crippen LogP contribution in [-0.4, -0.2) is 24.0 Å². The lowest BCUT2D eigenvalue weighted by Crippen LogP contribution is -2.33. The van der Waals surface area contributed by atoms with Crippen molar-refractivity contribution in [2.75, 3.05) is 13.1 Å². The molecule has 2 aliphatic rings. The Morgan fingerprint density at radius 3 is 2.76 bits per heavy atom. The van der Waals surface area contributed by atoms with Gasteiger partial charge in [0, 0.05) is 24.7 Å². The number of halogens is 2. The number of carbonyl (C=O) groups is 1. The summed E-state index contributed by atoms with van der Waals surface area (Å²) in [4.78, 5) is 16.8. The number of amides is 1. The lowest BCUT2D eigenvalue weighted by atomic mass is 9.92. The maximum absolute atomic E-state index is 12.5. The highest BCUT2D eigenvalue weighted by Gasteiger charge is 2.57. The molecule has 1 aliphatic heterocycles. The number of carbonyl (C=O) groups excluding carboxylic acids is 1. The zero-order valence-corrected chi connectivity index (χ0v) is 18.5. The molecule has 158 valence electrons. The van der Waals surface area contributed by atoms with E-state index in [-0.39, 0.29) is 42.1 Å². The number of nitrogens with one attached hydrogen (secondary N) is 2. The van der Waals surface area contributed by atoms with Crippen LogP contribution in [0.3, 0.4) is 0 Å². The van der Waals surface area contributed by atoms with Crippen LogP contribution < -0.4 is 15.4 Å². The van der Waals surface area contributed by atoms with Crippen LogP contribution in [0.15, 0.2) is 36.5 Å². The smallest absolute Gasteiger partial charge is 0.223 e. The lowest BCUT2D eigenvalue weighted by molar-refractivity contribution is -0.123. The quantitative estimate of drug-likeness (QED) is 0.729. The molecule has 0 radical (unpaired) electrons. The van der Waals surface area contributed by atoms with Crippen molar-refractivity contribution in [2.24, 2.45) is 11.3 Å². The maximum atomic E-state index is 12.5. The van der Waals surface area contributed by atoms with Crippen molar-refractivity contribution in [3.8, 4) is 11.6 Å². The Kier molecular flexibility index (Phi) is 7.92. The summed E-state index contributed by atoms with van der Waals surface area (Å²) in [7, 11) is 0. The molecule has 1 saturated carbocycles. The Balaban J connectivity index is 0.00000150. The molecular weight excluding hydrogens is 409 g/mol. The molecule has 1 unspecified atom stereocenters. The maximum Gasteiger partial charge on any atom is 0.223 e. The van der Waals surface area contributed by atoms with Gasteiger partial charge in [-0.1, -0.05) is 12.1 Å². The normalized spacial score (nSPS) is 18.9. The van der Waals surface area contributed by atoms with Gasteiger partial charge in [0.1, 0.15) is 5.75 Å². The minimum Gasteiger partial charge on any atom is -0.439 e. The molecule has 7 heteroatoms. The highest BCUT2D eigenvalue weighted by Crippen LogP contribution is 2.58. The van der Waals surface area contributed by atoms with E-state index < -0.39 is 0 Å². The number of rotatable bonds is 5. The summed E-state index contributed by atoms with van der Waals surface area (Å²) in [5, 5.41) is 6.48. The van der Waals surface area contributed by atoms with Gasteiger partial charge in [-0.2, -0.15) is 0 Å². The number of nitrogens with zero attached hydrogens (tertiary/aromatic N) is 1. The third kappa shape index (κ3) is 5.21. The van der Waals surface area contributed by atoms with Crippen molar-refractivity contribution in [1.29, 1.82) is 0 Å². The van der Waals surface area contributed by atoms with Crippen LogP contribution in [0.25, 0.3) is 0 Å². The molecule has 2 aromatic rings. The molecule has 2 N–H and O–H groups in total. The number of benzene rings is 1. The number of hydrogen-bond donors (Lipinski definition) is 2. The van der Waals surface area contributed by atoms with Gasteiger partial charge in [-0.3, -0.25) is 4.79 Å². The van der Waals surface area contributed by atoms with Crippen LogP contribution in [0.2, 0.25) is 0 Å². The first-order chi connectivity index (χ1) is 13.1. The highest BCUT2D eigenvalue weighted by atomic mass is 35.5. The van der Waals surface area contributed by atoms with Crippen molar-refractivity contribution in [3.63, 3.8) is 0 Å². The molecule has 1 spiro atoms. The largest absolute Gasteiger partial charge is 0.439 e. The number of piperidine rings is 1. The van der Waals surface area contributed by atoms with Crippen molar-refractivity contribution < 1.29 is 9.53 Å². The summed E-state index contributed by atoms with van der Waals surface area (Å²) in [5.41, 5.74) is 3.56. The van der Waals surface area contributed by atoms with E-state index in [2.05, 4.69) is 28.6 Å². The zero-order chi connectivity index (χ0) is 18.9. The molecule has 1 aromatic heterocycles. The lowest BCUT2D eigenvalue weighted by Gasteiger charge is -2.23. The molecule has 2 fully saturated rings. The van der Waals surface area contributed by atoms with Crippen LogP contribution in [0.4, 0.5) is 0 Å². The van der Waals surface area contributed by atoms with Crippen molar-refractivity contribution in [2.45, 2.75) is 39.7 Å². The molecule has 1 amide bonds. The zero-order valence-electron chi connectivity index (χ0n) is 16.9. The number of pyridine rings is 1. The summed E-state index contributed by atoms with van der Waals surface area (Å²) in [6.07, 6.45) is 5.01. The fraction of sp³-hybridized carbons (Fsp3) is 0.455. The Bertz CT molecular complexity index is 854. The van der Waals surface area contributed by atoms with E-state index in [1.54, 1.807) is 6.20 Å². The molecule has 1 saturated heterocycles. The van der Waals surface area contributed by atoms with Crippen LogP contribution in [0.1, 0.15) is 36.0 Å². The molecule has 0 bridgehead atoms. The van der Waals surface area contributed by atoms with Gasteiger partial charge in [-0.25, -0.2) is 4.98 Å². The highest BCUT2D eigenvalue weighted by molar-refractivity contribution is 5.85. The van der Waals surface area contributed by atoms with Crippen LogP contribution in [0.5, 0.6) is 11.6 Å². The third-order valence-corrected chi connectivity index (χ3v) is 6.14. The molecule has 5 nitrogen and oxygen atoms in total. The van der Waals surface area contributed by atoms with E-state index in [1.165, 1.54) is 5.56 Å². The average Bonchev–Trinajstić information content (AvgIpc) is 3.37.